The van der Waals surface area contributed by atoms with Crippen molar-refractivity contribution in [2.75, 3.05) is 0 Å². The zero-order valence-electron chi connectivity index (χ0n) is 18.7. The fraction of sp³-hybridized carbons (Fsp3) is 0.120. The van der Waals surface area contributed by atoms with E-state index in [2.05, 4.69) is 0 Å². The van der Waals surface area contributed by atoms with E-state index in [-0.39, 0.29) is 33.2 Å². The zero-order valence-corrected chi connectivity index (χ0v) is 20.2. The first-order valence-electron chi connectivity index (χ1n) is 10.7. The minimum absolute atomic E-state index is 0.0241. The molecule has 0 bridgehead atoms. The van der Waals surface area contributed by atoms with Gasteiger partial charge in [0.05, 0.1) is 20.5 Å². The number of fused-ring (bicyclic) bond motifs is 1. The number of hydrogen-bond acceptors (Lipinski definition) is 6. The highest BCUT2D eigenvalue weighted by Gasteiger charge is 2.48. The van der Waals surface area contributed by atoms with Gasteiger partial charge in [-0.05, 0) is 30.7 Å². The second-order valence-electron chi connectivity index (χ2n) is 7.81. The van der Waals surface area contributed by atoms with Crippen LogP contribution in [0.4, 0.5) is 5.69 Å². The molecule has 3 aromatic carbocycles. The van der Waals surface area contributed by atoms with Gasteiger partial charge in [-0.2, -0.15) is 5.01 Å². The quantitative estimate of drug-likeness (QED) is 0.180. The van der Waals surface area contributed by atoms with E-state index < -0.39 is 45.7 Å². The van der Waals surface area contributed by atoms with Gasteiger partial charge in [-0.1, -0.05) is 66.5 Å². The Morgan fingerprint density at radius 3 is 2.25 bits per heavy atom. The first kappa shape index (κ1) is 25.0. The predicted octanol–water partition coefficient (Wildman–Crippen LogP) is 5.22. The van der Waals surface area contributed by atoms with Gasteiger partial charge in [0, 0.05) is 17.2 Å². The average molecular weight is 526 g/mol. The molecule has 0 saturated heterocycles. The van der Waals surface area contributed by atoms with E-state index in [1.165, 1.54) is 30.3 Å². The maximum absolute atomic E-state index is 13.8. The summed E-state index contributed by atoms with van der Waals surface area (Å²) in [4.78, 5) is 64.9. The van der Waals surface area contributed by atoms with E-state index in [4.69, 9.17) is 23.2 Å². The topological polar surface area (TPSA) is 118 Å². The normalized spacial score (nSPS) is 13.4. The van der Waals surface area contributed by atoms with Crippen molar-refractivity contribution in [3.63, 3.8) is 0 Å². The molecular formula is C25H17Cl2N3O6. The van der Waals surface area contributed by atoms with Gasteiger partial charge >= 0.3 is 0 Å². The highest BCUT2D eigenvalue weighted by Crippen LogP contribution is 2.34. The largest absolute Gasteiger partial charge is 0.292 e. The number of halogens is 2. The van der Waals surface area contributed by atoms with Crippen molar-refractivity contribution < 1.29 is 24.1 Å². The smallest absolute Gasteiger partial charge is 0.287 e. The molecule has 0 unspecified atom stereocenters. The van der Waals surface area contributed by atoms with Crippen LogP contribution in [0.1, 0.15) is 54.8 Å². The standard InChI is InChI=1S/C25H17Cl2N3O6/c1-2-19(22(31)14-7-4-3-5-8-14)28(23(32)15-11-12-17(26)18(27)13-15)29-24(33)16-9-6-10-20(30(35)36)21(16)25(29)34/h3-13,19H,2H2,1H3/t19-/m1/s1. The van der Waals surface area contributed by atoms with Gasteiger partial charge in [0.2, 0.25) is 0 Å². The summed E-state index contributed by atoms with van der Waals surface area (Å²) >= 11 is 12.1. The van der Waals surface area contributed by atoms with Crippen LogP contribution in [0.3, 0.4) is 0 Å². The Balaban J connectivity index is 1.88. The number of hydrogen-bond donors (Lipinski definition) is 0. The Morgan fingerprint density at radius 1 is 0.944 bits per heavy atom. The van der Waals surface area contributed by atoms with Crippen molar-refractivity contribution in [1.82, 2.24) is 10.0 Å². The van der Waals surface area contributed by atoms with Gasteiger partial charge in [0.15, 0.2) is 5.78 Å². The van der Waals surface area contributed by atoms with Crippen molar-refractivity contribution in [2.24, 2.45) is 0 Å². The molecule has 3 aromatic rings. The minimum atomic E-state index is -1.30. The first-order valence-corrected chi connectivity index (χ1v) is 11.5. The molecule has 4 rings (SSSR count). The molecule has 1 aliphatic heterocycles. The van der Waals surface area contributed by atoms with Crippen LogP contribution in [0.2, 0.25) is 10.0 Å². The number of hydrazine groups is 1. The van der Waals surface area contributed by atoms with Crippen LogP contribution in [0, 0.1) is 10.1 Å². The number of amides is 3. The molecule has 0 saturated carbocycles. The lowest BCUT2D eigenvalue weighted by Gasteiger charge is -2.35. The third-order valence-corrected chi connectivity index (χ3v) is 6.44. The number of Topliss-reactive ketones (excluding diaryl/α,β-unsaturated/α-hetero) is 1. The highest BCUT2D eigenvalue weighted by molar-refractivity contribution is 6.42. The van der Waals surface area contributed by atoms with Gasteiger partial charge in [-0.15, -0.1) is 0 Å². The summed E-state index contributed by atoms with van der Waals surface area (Å²) < 4.78 is 0. The fourth-order valence-corrected chi connectivity index (χ4v) is 4.30. The number of carbonyl (C=O) groups is 4. The summed E-state index contributed by atoms with van der Waals surface area (Å²) in [5.41, 5.74) is -1.09. The lowest BCUT2D eigenvalue weighted by atomic mass is 10.0. The van der Waals surface area contributed by atoms with Crippen LogP contribution in [-0.4, -0.2) is 44.5 Å². The molecule has 0 radical (unpaired) electrons. The lowest BCUT2D eigenvalue weighted by molar-refractivity contribution is -0.385. The Hall–Kier alpha value is -4.08. The van der Waals surface area contributed by atoms with Gasteiger partial charge in [-0.25, -0.2) is 5.01 Å². The molecule has 11 heteroatoms. The molecule has 9 nitrogen and oxygen atoms in total. The molecule has 182 valence electrons. The fourth-order valence-electron chi connectivity index (χ4n) is 4.00. The molecule has 36 heavy (non-hydrogen) atoms. The summed E-state index contributed by atoms with van der Waals surface area (Å²) in [6.45, 7) is 1.61. The van der Waals surface area contributed by atoms with Crippen molar-refractivity contribution in [2.45, 2.75) is 19.4 Å². The summed E-state index contributed by atoms with van der Waals surface area (Å²) in [5, 5.41) is 13.0. The van der Waals surface area contributed by atoms with E-state index in [0.29, 0.717) is 5.01 Å². The van der Waals surface area contributed by atoms with Crippen molar-refractivity contribution in [1.29, 1.82) is 0 Å². The van der Waals surface area contributed by atoms with Crippen LogP contribution >= 0.6 is 23.2 Å². The van der Waals surface area contributed by atoms with E-state index >= 15 is 0 Å². The van der Waals surface area contributed by atoms with Gasteiger partial charge in [0.25, 0.3) is 23.4 Å². The summed E-state index contributed by atoms with van der Waals surface area (Å²) in [7, 11) is 0. The number of rotatable bonds is 7. The number of carbonyl (C=O) groups excluding carboxylic acids is 4. The molecular weight excluding hydrogens is 509 g/mol. The van der Waals surface area contributed by atoms with Gasteiger partial charge in [0.1, 0.15) is 11.6 Å². The van der Waals surface area contributed by atoms with E-state index in [1.54, 1.807) is 37.3 Å². The first-order chi connectivity index (χ1) is 17.2. The number of nitro benzene ring substituents is 1. The molecule has 0 N–H and O–H groups in total. The average Bonchev–Trinajstić information content (AvgIpc) is 3.13. The predicted molar refractivity (Wildman–Crippen MR) is 131 cm³/mol. The second-order valence-corrected chi connectivity index (χ2v) is 8.63. The molecule has 0 aliphatic carbocycles. The molecule has 1 atom stereocenters. The number of imide groups is 1. The van der Waals surface area contributed by atoms with Crippen molar-refractivity contribution in [3.8, 4) is 0 Å². The number of benzene rings is 3. The van der Waals surface area contributed by atoms with Crippen molar-refractivity contribution in [3.05, 3.63) is 109 Å². The second kappa shape index (κ2) is 9.88. The van der Waals surface area contributed by atoms with Crippen LogP contribution in [0.15, 0.2) is 66.7 Å². The minimum Gasteiger partial charge on any atom is -0.292 e. The molecule has 1 heterocycles. The Morgan fingerprint density at radius 2 is 1.64 bits per heavy atom. The maximum Gasteiger partial charge on any atom is 0.287 e. The van der Waals surface area contributed by atoms with Crippen molar-refractivity contribution >= 4 is 52.4 Å². The van der Waals surface area contributed by atoms with Crippen LogP contribution in [0.25, 0.3) is 0 Å². The Labute approximate surface area is 214 Å². The third-order valence-electron chi connectivity index (χ3n) is 5.70. The number of ketones is 1. The van der Waals surface area contributed by atoms with E-state index in [9.17, 15) is 29.3 Å². The number of nitro groups is 1. The summed E-state index contributed by atoms with van der Waals surface area (Å²) in [5.74, 6) is -3.47. The molecule has 0 aromatic heterocycles. The van der Waals surface area contributed by atoms with E-state index in [0.717, 1.165) is 11.1 Å². The monoisotopic (exact) mass is 525 g/mol. The molecule has 0 fully saturated rings. The molecule has 3 amide bonds. The van der Waals surface area contributed by atoms with Crippen LogP contribution in [-0.2, 0) is 0 Å². The lowest BCUT2D eigenvalue weighted by Crippen LogP contribution is -2.57. The Bertz CT molecular complexity index is 1430. The van der Waals surface area contributed by atoms with Gasteiger partial charge in [-0.3, -0.25) is 29.3 Å². The SMILES string of the molecule is CC[C@H](C(=O)c1ccccc1)N(C(=O)c1ccc(Cl)c(Cl)c1)N1C(=O)c2cccc([N+](=O)[O-])c2C1=O. The highest BCUT2D eigenvalue weighted by atomic mass is 35.5. The van der Waals surface area contributed by atoms with Crippen LogP contribution < -0.4 is 0 Å². The number of nitrogens with zero attached hydrogens (tertiary/aromatic N) is 3. The third kappa shape index (κ3) is 4.23. The zero-order chi connectivity index (χ0) is 26.1. The van der Waals surface area contributed by atoms with Gasteiger partial charge < -0.3 is 0 Å². The molecule has 0 spiro atoms. The maximum atomic E-state index is 13.8. The molecule has 1 aliphatic rings. The van der Waals surface area contributed by atoms with Crippen LogP contribution in [0.5, 0.6) is 0 Å². The summed E-state index contributed by atoms with van der Waals surface area (Å²) in [6.07, 6.45) is 0.0241. The van der Waals surface area contributed by atoms with E-state index in [1.807, 2.05) is 0 Å². The summed E-state index contributed by atoms with van der Waals surface area (Å²) in [6, 6.07) is 14.3. The Kier molecular flexibility index (Phi) is 6.87.